The highest BCUT2D eigenvalue weighted by atomic mass is 32.2. The fraction of sp³-hybridized carbons (Fsp3) is 0.529. The highest BCUT2D eigenvalue weighted by Gasteiger charge is 2.15. The van der Waals surface area contributed by atoms with Gasteiger partial charge in [-0.05, 0) is 29.5 Å². The molecule has 0 amide bonds. The Bertz CT molecular complexity index is 650. The molecule has 0 aliphatic rings. The average Bonchev–Trinajstić information content (AvgIpc) is 2.88. The van der Waals surface area contributed by atoms with Crippen LogP contribution in [0.3, 0.4) is 0 Å². The number of benzene rings is 1. The van der Waals surface area contributed by atoms with E-state index in [0.29, 0.717) is 5.75 Å². The first-order valence-corrected chi connectivity index (χ1v) is 8.64. The second kappa shape index (κ2) is 7.36. The molecular weight excluding hydrogens is 310 g/mol. The van der Waals surface area contributed by atoms with Crippen molar-refractivity contribution in [3.8, 4) is 5.75 Å². The summed E-state index contributed by atoms with van der Waals surface area (Å²) in [4.78, 5) is 0. The molecule has 0 unspecified atom stereocenters. The van der Waals surface area contributed by atoms with Gasteiger partial charge in [0.05, 0.1) is 6.10 Å². The Morgan fingerprint density at radius 3 is 2.65 bits per heavy atom. The summed E-state index contributed by atoms with van der Waals surface area (Å²) in [7, 11) is 1.88. The van der Waals surface area contributed by atoms with E-state index in [-0.39, 0.29) is 12.0 Å². The van der Waals surface area contributed by atoms with Gasteiger partial charge in [0.25, 0.3) is 0 Å². The van der Waals surface area contributed by atoms with E-state index in [1.807, 2.05) is 24.6 Å². The maximum absolute atomic E-state index is 10.1. The first kappa shape index (κ1) is 17.8. The molecule has 6 heteroatoms. The average molecular weight is 335 g/mol. The van der Waals surface area contributed by atoms with Gasteiger partial charge in [-0.1, -0.05) is 44.7 Å². The third-order valence-corrected chi connectivity index (χ3v) is 4.73. The molecule has 0 radical (unpaired) electrons. The molecular formula is C17H25N3O2S. The molecule has 1 atom stereocenters. The number of hydrogen-bond donors (Lipinski definition) is 1. The molecule has 0 aliphatic heterocycles. The predicted molar refractivity (Wildman–Crippen MR) is 93.1 cm³/mol. The maximum Gasteiger partial charge on any atom is 0.190 e. The Morgan fingerprint density at radius 2 is 2.09 bits per heavy atom. The predicted octanol–water partition coefficient (Wildman–Crippen LogP) is 2.95. The van der Waals surface area contributed by atoms with Gasteiger partial charge in [-0.3, -0.25) is 0 Å². The van der Waals surface area contributed by atoms with Crippen molar-refractivity contribution in [3.63, 3.8) is 0 Å². The molecule has 0 saturated carbocycles. The molecule has 2 aromatic rings. The molecule has 0 aliphatic carbocycles. The molecule has 0 fully saturated rings. The summed E-state index contributed by atoms with van der Waals surface area (Å²) < 4.78 is 7.59. The van der Waals surface area contributed by atoms with Crippen LogP contribution in [0.15, 0.2) is 29.7 Å². The fourth-order valence-electron chi connectivity index (χ4n) is 2.09. The first-order valence-electron chi connectivity index (χ1n) is 7.66. The quantitative estimate of drug-likeness (QED) is 0.823. The summed E-state index contributed by atoms with van der Waals surface area (Å²) in [6.45, 7) is 8.87. The van der Waals surface area contributed by atoms with Crippen LogP contribution in [0.1, 0.15) is 31.9 Å². The zero-order valence-electron chi connectivity index (χ0n) is 14.4. The van der Waals surface area contributed by atoms with Crippen molar-refractivity contribution in [2.75, 3.05) is 12.4 Å². The van der Waals surface area contributed by atoms with Crippen LogP contribution in [-0.4, -0.2) is 38.3 Å². The lowest BCUT2D eigenvalue weighted by Gasteiger charge is -2.21. The van der Waals surface area contributed by atoms with Gasteiger partial charge in [0, 0.05) is 12.8 Å². The van der Waals surface area contributed by atoms with Gasteiger partial charge < -0.3 is 14.4 Å². The molecule has 1 aromatic heterocycles. The lowest BCUT2D eigenvalue weighted by Crippen LogP contribution is -2.20. The minimum Gasteiger partial charge on any atom is -0.491 e. The van der Waals surface area contributed by atoms with Crippen LogP contribution in [0.5, 0.6) is 5.75 Å². The maximum atomic E-state index is 10.1. The molecule has 0 bridgehead atoms. The number of ether oxygens (including phenoxy) is 1. The number of hydrogen-bond acceptors (Lipinski definition) is 5. The number of thioether (sulfide) groups is 1. The molecule has 5 nitrogen and oxygen atoms in total. The molecule has 1 heterocycles. The SMILES string of the molecule is Cc1cc(C(C)(C)C)ccc1OC[C@@H](O)CSc1nncn1C. The third-order valence-electron chi connectivity index (χ3n) is 3.55. The van der Waals surface area contributed by atoms with E-state index >= 15 is 0 Å². The third kappa shape index (κ3) is 4.97. The van der Waals surface area contributed by atoms with Gasteiger partial charge >= 0.3 is 0 Å². The van der Waals surface area contributed by atoms with Crippen LogP contribution < -0.4 is 4.74 Å². The van der Waals surface area contributed by atoms with E-state index in [4.69, 9.17) is 4.74 Å². The molecule has 23 heavy (non-hydrogen) atoms. The molecule has 2 rings (SSSR count). The smallest absolute Gasteiger partial charge is 0.190 e. The Labute approximate surface area is 142 Å². The van der Waals surface area contributed by atoms with E-state index in [0.717, 1.165) is 16.5 Å². The second-order valence-corrected chi connectivity index (χ2v) is 7.72. The highest BCUT2D eigenvalue weighted by Crippen LogP contribution is 2.27. The summed E-state index contributed by atoms with van der Waals surface area (Å²) in [5.41, 5.74) is 2.49. The van der Waals surface area contributed by atoms with Gasteiger partial charge in [-0.25, -0.2) is 0 Å². The summed E-state index contributed by atoms with van der Waals surface area (Å²) in [5, 5.41) is 18.6. The molecule has 1 N–H and O–H groups in total. The van der Waals surface area contributed by atoms with Crippen LogP contribution in [0, 0.1) is 6.92 Å². The fourth-order valence-corrected chi connectivity index (χ4v) is 2.88. The topological polar surface area (TPSA) is 60.2 Å². The van der Waals surface area contributed by atoms with Crippen LogP contribution in [-0.2, 0) is 12.5 Å². The Morgan fingerprint density at radius 1 is 1.35 bits per heavy atom. The lowest BCUT2D eigenvalue weighted by molar-refractivity contribution is 0.126. The van der Waals surface area contributed by atoms with Crippen LogP contribution in [0.25, 0.3) is 0 Å². The first-order chi connectivity index (χ1) is 10.8. The van der Waals surface area contributed by atoms with E-state index in [1.54, 1.807) is 6.33 Å². The van der Waals surface area contributed by atoms with Gasteiger partial charge in [-0.2, -0.15) is 0 Å². The van der Waals surface area contributed by atoms with E-state index < -0.39 is 6.10 Å². The summed E-state index contributed by atoms with van der Waals surface area (Å²) >= 11 is 1.47. The van der Waals surface area contributed by atoms with Crippen molar-refractivity contribution in [3.05, 3.63) is 35.7 Å². The van der Waals surface area contributed by atoms with Crippen molar-refractivity contribution in [1.82, 2.24) is 14.8 Å². The van der Waals surface area contributed by atoms with Crippen LogP contribution in [0.2, 0.25) is 0 Å². The van der Waals surface area contributed by atoms with E-state index in [1.165, 1.54) is 17.3 Å². The van der Waals surface area contributed by atoms with Crippen molar-refractivity contribution in [2.24, 2.45) is 7.05 Å². The number of aliphatic hydroxyl groups excluding tert-OH is 1. The Hall–Kier alpha value is -1.53. The zero-order valence-corrected chi connectivity index (χ0v) is 15.2. The minimum absolute atomic E-state index is 0.121. The van der Waals surface area contributed by atoms with Crippen molar-refractivity contribution in [2.45, 2.75) is 44.4 Å². The zero-order chi connectivity index (χ0) is 17.0. The second-order valence-electron chi connectivity index (χ2n) is 6.73. The van der Waals surface area contributed by atoms with Gasteiger partial charge in [0.15, 0.2) is 5.16 Å². The molecule has 1 aromatic carbocycles. The summed E-state index contributed by atoms with van der Waals surface area (Å²) in [6.07, 6.45) is 1.09. The molecule has 0 saturated heterocycles. The minimum atomic E-state index is -0.557. The van der Waals surface area contributed by atoms with Gasteiger partial charge in [0.2, 0.25) is 0 Å². The van der Waals surface area contributed by atoms with Crippen molar-refractivity contribution < 1.29 is 9.84 Å². The molecule has 0 spiro atoms. The van der Waals surface area contributed by atoms with Crippen LogP contribution >= 0.6 is 11.8 Å². The Kier molecular flexibility index (Phi) is 5.70. The number of aromatic nitrogens is 3. The van der Waals surface area contributed by atoms with Crippen LogP contribution in [0.4, 0.5) is 0 Å². The normalized spacial score (nSPS) is 13.1. The number of aliphatic hydroxyl groups is 1. The lowest BCUT2D eigenvalue weighted by atomic mass is 9.86. The summed E-state index contributed by atoms with van der Waals surface area (Å²) in [6, 6.07) is 6.22. The molecule has 126 valence electrons. The van der Waals surface area contributed by atoms with Crippen molar-refractivity contribution in [1.29, 1.82) is 0 Å². The monoisotopic (exact) mass is 335 g/mol. The van der Waals surface area contributed by atoms with Gasteiger partial charge in [0.1, 0.15) is 18.7 Å². The number of nitrogens with zero attached hydrogens (tertiary/aromatic N) is 3. The number of aryl methyl sites for hydroxylation is 2. The number of rotatable bonds is 6. The van der Waals surface area contributed by atoms with Crippen molar-refractivity contribution >= 4 is 11.8 Å². The largest absolute Gasteiger partial charge is 0.491 e. The van der Waals surface area contributed by atoms with E-state index in [9.17, 15) is 5.11 Å². The standard InChI is InChI=1S/C17H25N3O2S/c1-12-8-13(17(2,3)4)6-7-15(12)22-9-14(21)10-23-16-19-18-11-20(16)5/h6-8,11,14,21H,9-10H2,1-5H3/t14-/m1/s1. The summed E-state index contributed by atoms with van der Waals surface area (Å²) in [5.74, 6) is 1.34. The highest BCUT2D eigenvalue weighted by molar-refractivity contribution is 7.99. The van der Waals surface area contributed by atoms with E-state index in [2.05, 4.69) is 43.1 Å². The Balaban J connectivity index is 1.86. The van der Waals surface area contributed by atoms with Gasteiger partial charge in [-0.15, -0.1) is 10.2 Å².